The average molecular weight is 181 g/mol. The van der Waals surface area contributed by atoms with E-state index in [9.17, 15) is 0 Å². The maximum atomic E-state index is 5.94. The molecule has 0 radical (unpaired) electrons. The molecule has 1 aliphatic carbocycles. The van der Waals surface area contributed by atoms with Gasteiger partial charge in [-0.1, -0.05) is 0 Å². The molecule has 1 aromatic heterocycles. The minimum Gasteiger partial charge on any atom is -0.384 e. The molecule has 0 unspecified atom stereocenters. The Morgan fingerprint density at radius 1 is 1.54 bits per heavy atom. The second-order valence-electron chi connectivity index (χ2n) is 3.38. The van der Waals surface area contributed by atoms with Gasteiger partial charge < -0.3 is 10.5 Å². The van der Waals surface area contributed by atoms with Gasteiger partial charge in [0.2, 0.25) is 0 Å². The minimum atomic E-state index is 0.671. The van der Waals surface area contributed by atoms with E-state index in [-0.39, 0.29) is 0 Å². The lowest BCUT2D eigenvalue weighted by Crippen LogP contribution is -2.10. The Balaban J connectivity index is 2.18. The molecular weight excluding hydrogens is 166 g/mol. The first-order valence-electron chi connectivity index (χ1n) is 4.66. The molecule has 72 valence electrons. The highest BCUT2D eigenvalue weighted by Crippen LogP contribution is 2.26. The number of hydrogen-bond acceptors (Lipinski definition) is 3. The molecule has 1 heterocycles. The van der Waals surface area contributed by atoms with E-state index < -0.39 is 0 Å². The van der Waals surface area contributed by atoms with Crippen LogP contribution in [-0.4, -0.2) is 23.5 Å². The maximum Gasteiger partial charge on any atom is 0.125 e. The van der Waals surface area contributed by atoms with Gasteiger partial charge in [0.15, 0.2) is 0 Å². The summed E-state index contributed by atoms with van der Waals surface area (Å²) in [6.45, 7) is 1.43. The number of nitrogen functional groups attached to an aromatic ring is 1. The number of ether oxygens (including phenoxy) is 1. The van der Waals surface area contributed by atoms with Crippen LogP contribution in [0.3, 0.4) is 0 Å². The van der Waals surface area contributed by atoms with Crippen LogP contribution in [0.4, 0.5) is 5.82 Å². The minimum absolute atomic E-state index is 0.671. The highest BCUT2D eigenvalue weighted by molar-refractivity contribution is 5.45. The van der Waals surface area contributed by atoms with Crippen molar-refractivity contribution in [1.82, 2.24) is 9.78 Å². The van der Waals surface area contributed by atoms with Gasteiger partial charge in [0.1, 0.15) is 5.82 Å². The number of nitrogens with two attached hydrogens (primary N) is 1. The van der Waals surface area contributed by atoms with E-state index in [1.165, 1.54) is 17.7 Å². The lowest BCUT2D eigenvalue weighted by atomic mass is 10.3. The van der Waals surface area contributed by atoms with E-state index >= 15 is 0 Å². The zero-order chi connectivity index (χ0) is 9.26. The Bertz CT molecular complexity index is 306. The van der Waals surface area contributed by atoms with Gasteiger partial charge in [0.05, 0.1) is 18.8 Å². The summed E-state index contributed by atoms with van der Waals surface area (Å²) in [5.41, 5.74) is 8.39. The number of methoxy groups -OCH3 is 1. The van der Waals surface area contributed by atoms with Crippen LogP contribution < -0.4 is 5.73 Å². The van der Waals surface area contributed by atoms with Gasteiger partial charge in [-0.3, -0.25) is 0 Å². The van der Waals surface area contributed by atoms with Crippen LogP contribution in [-0.2, 0) is 24.1 Å². The summed E-state index contributed by atoms with van der Waals surface area (Å²) in [4.78, 5) is 0. The molecule has 0 atom stereocenters. The van der Waals surface area contributed by atoms with Crippen LogP contribution in [0.15, 0.2) is 0 Å². The smallest absolute Gasteiger partial charge is 0.125 e. The van der Waals surface area contributed by atoms with Crippen molar-refractivity contribution >= 4 is 5.82 Å². The molecule has 4 nitrogen and oxygen atoms in total. The molecule has 0 saturated carbocycles. The van der Waals surface area contributed by atoms with Gasteiger partial charge in [-0.2, -0.15) is 5.10 Å². The first-order chi connectivity index (χ1) is 6.33. The summed E-state index contributed by atoms with van der Waals surface area (Å²) in [6, 6.07) is 0. The largest absolute Gasteiger partial charge is 0.384 e. The van der Waals surface area contributed by atoms with Crippen LogP contribution in [0.25, 0.3) is 0 Å². The quantitative estimate of drug-likeness (QED) is 0.743. The second kappa shape index (κ2) is 3.38. The average Bonchev–Trinajstić information content (AvgIpc) is 2.67. The summed E-state index contributed by atoms with van der Waals surface area (Å²) < 4.78 is 6.84. The van der Waals surface area contributed by atoms with Crippen molar-refractivity contribution < 1.29 is 4.74 Å². The third kappa shape index (κ3) is 1.42. The summed E-state index contributed by atoms with van der Waals surface area (Å²) in [7, 11) is 1.69. The third-order valence-electron chi connectivity index (χ3n) is 2.52. The summed E-state index contributed by atoms with van der Waals surface area (Å²) in [5.74, 6) is 0.838. The predicted octanol–water partition coefficient (Wildman–Crippen LogP) is 0.600. The summed E-state index contributed by atoms with van der Waals surface area (Å²) >= 11 is 0. The molecule has 2 N–H and O–H groups in total. The second-order valence-corrected chi connectivity index (χ2v) is 3.38. The Morgan fingerprint density at radius 3 is 3.08 bits per heavy atom. The molecule has 0 saturated heterocycles. The van der Waals surface area contributed by atoms with Crippen molar-refractivity contribution in [2.24, 2.45) is 0 Å². The van der Waals surface area contributed by atoms with Crippen LogP contribution in [0.1, 0.15) is 17.7 Å². The number of rotatable bonds is 3. The van der Waals surface area contributed by atoms with Crippen molar-refractivity contribution in [2.45, 2.75) is 25.8 Å². The topological polar surface area (TPSA) is 53.1 Å². The molecule has 0 bridgehead atoms. The lowest BCUT2D eigenvalue weighted by molar-refractivity contribution is 0.184. The van der Waals surface area contributed by atoms with Crippen molar-refractivity contribution in [1.29, 1.82) is 0 Å². The van der Waals surface area contributed by atoms with Crippen molar-refractivity contribution in [2.75, 3.05) is 19.5 Å². The highest BCUT2D eigenvalue weighted by Gasteiger charge is 2.19. The molecule has 4 heteroatoms. The zero-order valence-corrected chi connectivity index (χ0v) is 7.92. The summed E-state index contributed by atoms with van der Waals surface area (Å²) in [6.07, 6.45) is 3.38. The number of hydrogen-bond donors (Lipinski definition) is 1. The fourth-order valence-corrected chi connectivity index (χ4v) is 1.82. The predicted molar refractivity (Wildman–Crippen MR) is 50.5 cm³/mol. The molecule has 1 aromatic rings. The number of nitrogens with zero attached hydrogens (tertiary/aromatic N) is 2. The van der Waals surface area contributed by atoms with E-state index in [4.69, 9.17) is 10.5 Å². The van der Waals surface area contributed by atoms with Crippen LogP contribution >= 0.6 is 0 Å². The Hall–Kier alpha value is -1.03. The normalized spacial score (nSPS) is 14.8. The van der Waals surface area contributed by atoms with E-state index in [1.54, 1.807) is 7.11 Å². The third-order valence-corrected chi connectivity index (χ3v) is 2.52. The first-order valence-corrected chi connectivity index (χ1v) is 4.66. The molecule has 1 aliphatic rings. The zero-order valence-electron chi connectivity index (χ0n) is 7.92. The van der Waals surface area contributed by atoms with Crippen molar-refractivity contribution in [3.05, 3.63) is 11.3 Å². The van der Waals surface area contributed by atoms with Crippen LogP contribution in [0.5, 0.6) is 0 Å². The molecular formula is C9H15N3O. The molecule has 13 heavy (non-hydrogen) atoms. The van der Waals surface area contributed by atoms with Gasteiger partial charge in [0.25, 0.3) is 0 Å². The Kier molecular flexibility index (Phi) is 2.22. The SMILES string of the molecule is COCCn1nc2c(c1N)CCC2. The molecule has 0 fully saturated rings. The number of fused-ring (bicyclic) bond motifs is 1. The van der Waals surface area contributed by atoms with Gasteiger partial charge >= 0.3 is 0 Å². The number of anilines is 1. The van der Waals surface area contributed by atoms with E-state index in [0.29, 0.717) is 6.61 Å². The van der Waals surface area contributed by atoms with Crippen molar-refractivity contribution in [3.63, 3.8) is 0 Å². The first kappa shape index (κ1) is 8.56. The van der Waals surface area contributed by atoms with E-state index in [2.05, 4.69) is 5.10 Å². The fourth-order valence-electron chi connectivity index (χ4n) is 1.82. The molecule has 0 aliphatic heterocycles. The molecule has 0 spiro atoms. The molecule has 0 amide bonds. The fraction of sp³-hybridized carbons (Fsp3) is 0.667. The van der Waals surface area contributed by atoms with E-state index in [0.717, 1.165) is 25.2 Å². The van der Waals surface area contributed by atoms with Gasteiger partial charge in [0, 0.05) is 12.7 Å². The molecule has 0 aromatic carbocycles. The number of aromatic nitrogens is 2. The Labute approximate surface area is 77.7 Å². The maximum absolute atomic E-state index is 5.94. The van der Waals surface area contributed by atoms with Crippen LogP contribution in [0, 0.1) is 0 Å². The van der Waals surface area contributed by atoms with Crippen molar-refractivity contribution in [3.8, 4) is 0 Å². The van der Waals surface area contributed by atoms with Gasteiger partial charge in [-0.25, -0.2) is 4.68 Å². The number of aryl methyl sites for hydroxylation is 1. The standard InChI is InChI=1S/C9H15N3O/c1-13-6-5-12-9(10)7-3-2-4-8(7)11-12/h2-6,10H2,1H3. The molecule has 2 rings (SSSR count). The monoisotopic (exact) mass is 181 g/mol. The highest BCUT2D eigenvalue weighted by atomic mass is 16.5. The van der Waals surface area contributed by atoms with E-state index in [1.807, 2.05) is 4.68 Å². The lowest BCUT2D eigenvalue weighted by Gasteiger charge is -2.03. The van der Waals surface area contributed by atoms with Gasteiger partial charge in [-0.05, 0) is 19.3 Å². The summed E-state index contributed by atoms with van der Waals surface area (Å²) in [5, 5.41) is 4.44. The Morgan fingerprint density at radius 2 is 2.38 bits per heavy atom. The van der Waals surface area contributed by atoms with Gasteiger partial charge in [-0.15, -0.1) is 0 Å². The van der Waals surface area contributed by atoms with Crippen LogP contribution in [0.2, 0.25) is 0 Å².